The number of rotatable bonds is 1. The minimum atomic E-state index is 0.366. The molecule has 18 heavy (non-hydrogen) atoms. The number of hydrogen-bond acceptors (Lipinski definition) is 3. The van der Waals surface area contributed by atoms with Crippen LogP contribution in [0.3, 0.4) is 0 Å². The van der Waals surface area contributed by atoms with Crippen LogP contribution in [0.1, 0.15) is 0 Å². The molecule has 98 valence electrons. The third-order valence-corrected chi connectivity index (χ3v) is 4.53. The molecule has 2 atom stereocenters. The molecular weight excluding hydrogens is 246 g/mol. The zero-order chi connectivity index (χ0) is 12.7. The Morgan fingerprint density at radius 3 is 2.17 bits per heavy atom. The Morgan fingerprint density at radius 1 is 1.06 bits per heavy atom. The highest BCUT2D eigenvalue weighted by Crippen LogP contribution is 2.30. The molecule has 0 saturated carbocycles. The number of nitrogens with two attached hydrogens (primary N) is 1. The van der Waals surface area contributed by atoms with Gasteiger partial charge >= 0.3 is 0 Å². The second-order valence-electron chi connectivity index (χ2n) is 5.70. The van der Waals surface area contributed by atoms with E-state index < -0.39 is 0 Å². The van der Waals surface area contributed by atoms with Gasteiger partial charge < -0.3 is 15.5 Å². The van der Waals surface area contributed by atoms with Crippen molar-refractivity contribution in [2.24, 2.45) is 17.6 Å². The number of fused-ring (bicyclic) bond motifs is 2. The maximum Gasteiger partial charge on any atom is 0.0407 e. The van der Waals surface area contributed by atoms with Crippen LogP contribution in [0.4, 0.5) is 5.69 Å². The second kappa shape index (κ2) is 4.72. The Morgan fingerprint density at radius 2 is 1.61 bits per heavy atom. The molecule has 0 radical (unpaired) electrons. The van der Waals surface area contributed by atoms with E-state index in [-0.39, 0.29) is 0 Å². The van der Waals surface area contributed by atoms with Crippen molar-refractivity contribution in [3.05, 3.63) is 29.3 Å². The molecule has 4 heteroatoms. The van der Waals surface area contributed by atoms with E-state index >= 15 is 0 Å². The lowest BCUT2D eigenvalue weighted by Gasteiger charge is -2.49. The third kappa shape index (κ3) is 2.22. The lowest BCUT2D eigenvalue weighted by Crippen LogP contribution is -2.62. The SMILES string of the molecule is CN1CC2CN(c3ccc(Cl)cc3)CC(C1)C2N. The zero-order valence-electron chi connectivity index (χ0n) is 10.7. The van der Waals surface area contributed by atoms with Gasteiger partial charge in [-0.05, 0) is 31.3 Å². The van der Waals surface area contributed by atoms with Gasteiger partial charge in [0.05, 0.1) is 0 Å². The molecule has 2 saturated heterocycles. The number of anilines is 1. The fourth-order valence-electron chi connectivity index (χ4n) is 3.37. The maximum atomic E-state index is 6.34. The normalized spacial score (nSPS) is 32.6. The van der Waals surface area contributed by atoms with Crippen LogP contribution in [0, 0.1) is 11.8 Å². The van der Waals surface area contributed by atoms with E-state index in [0.29, 0.717) is 17.9 Å². The number of piperidine rings is 2. The Balaban J connectivity index is 1.79. The van der Waals surface area contributed by atoms with E-state index in [0.717, 1.165) is 31.2 Å². The summed E-state index contributed by atoms with van der Waals surface area (Å²) in [5, 5.41) is 0.799. The molecule has 2 unspecified atom stereocenters. The number of nitrogens with zero attached hydrogens (tertiary/aromatic N) is 2. The van der Waals surface area contributed by atoms with Gasteiger partial charge in [0.25, 0.3) is 0 Å². The van der Waals surface area contributed by atoms with Crippen LogP contribution in [-0.2, 0) is 0 Å². The van der Waals surface area contributed by atoms with Crippen LogP contribution in [0.15, 0.2) is 24.3 Å². The minimum absolute atomic E-state index is 0.366. The van der Waals surface area contributed by atoms with Crippen LogP contribution >= 0.6 is 11.6 Å². The number of benzene rings is 1. The Bertz CT molecular complexity index is 404. The largest absolute Gasteiger partial charge is 0.371 e. The topological polar surface area (TPSA) is 32.5 Å². The van der Waals surface area contributed by atoms with Crippen molar-refractivity contribution in [2.45, 2.75) is 6.04 Å². The summed E-state index contributed by atoms with van der Waals surface area (Å²) in [6.07, 6.45) is 0. The van der Waals surface area contributed by atoms with Crippen LogP contribution in [0.5, 0.6) is 0 Å². The third-order valence-electron chi connectivity index (χ3n) is 4.28. The van der Waals surface area contributed by atoms with Gasteiger partial charge in [-0.1, -0.05) is 11.6 Å². The Hall–Kier alpha value is -0.770. The Labute approximate surface area is 114 Å². The van der Waals surface area contributed by atoms with Gasteiger partial charge in [-0.15, -0.1) is 0 Å². The molecule has 3 rings (SSSR count). The molecule has 1 aromatic carbocycles. The predicted octanol–water partition coefficient (Wildman–Crippen LogP) is 1.67. The summed E-state index contributed by atoms with van der Waals surface area (Å²) in [6, 6.07) is 8.52. The van der Waals surface area contributed by atoms with Crippen molar-refractivity contribution in [1.82, 2.24) is 4.90 Å². The van der Waals surface area contributed by atoms with Crippen molar-refractivity contribution in [3.63, 3.8) is 0 Å². The summed E-state index contributed by atoms with van der Waals surface area (Å²) in [4.78, 5) is 4.87. The first kappa shape index (κ1) is 12.3. The highest BCUT2D eigenvalue weighted by molar-refractivity contribution is 6.30. The van der Waals surface area contributed by atoms with Gasteiger partial charge in [0.15, 0.2) is 0 Å². The monoisotopic (exact) mass is 265 g/mol. The number of halogens is 1. The standard InChI is InChI=1S/C14H20ClN3/c1-17-6-10-8-18(9-11(7-17)14(10)16)13-4-2-12(15)3-5-13/h2-5,10-11,14H,6-9,16H2,1H3. The maximum absolute atomic E-state index is 6.34. The van der Waals surface area contributed by atoms with Gasteiger partial charge in [0.2, 0.25) is 0 Å². The van der Waals surface area contributed by atoms with Crippen molar-refractivity contribution in [1.29, 1.82) is 0 Å². The van der Waals surface area contributed by atoms with E-state index in [1.807, 2.05) is 12.1 Å². The van der Waals surface area contributed by atoms with Crippen LogP contribution in [-0.4, -0.2) is 44.2 Å². The molecule has 2 aliphatic rings. The highest BCUT2D eigenvalue weighted by Gasteiger charge is 2.39. The summed E-state index contributed by atoms with van der Waals surface area (Å²) in [5.41, 5.74) is 7.61. The molecule has 0 amide bonds. The summed E-state index contributed by atoms with van der Waals surface area (Å²) in [5.74, 6) is 1.16. The van der Waals surface area contributed by atoms with Crippen molar-refractivity contribution < 1.29 is 0 Å². The molecule has 2 N–H and O–H groups in total. The molecule has 0 spiro atoms. The first-order valence-electron chi connectivity index (χ1n) is 6.58. The van der Waals surface area contributed by atoms with Crippen LogP contribution in [0.2, 0.25) is 5.02 Å². The molecular formula is C14H20ClN3. The number of likely N-dealkylation sites (tertiary alicyclic amines) is 1. The van der Waals surface area contributed by atoms with Gasteiger partial charge in [-0.2, -0.15) is 0 Å². The van der Waals surface area contributed by atoms with Gasteiger partial charge in [-0.3, -0.25) is 0 Å². The zero-order valence-corrected chi connectivity index (χ0v) is 11.5. The molecule has 2 fully saturated rings. The minimum Gasteiger partial charge on any atom is -0.371 e. The molecule has 2 heterocycles. The fraction of sp³-hybridized carbons (Fsp3) is 0.571. The van der Waals surface area contributed by atoms with Gasteiger partial charge in [-0.25, -0.2) is 0 Å². The second-order valence-corrected chi connectivity index (χ2v) is 6.14. The van der Waals surface area contributed by atoms with E-state index in [4.69, 9.17) is 17.3 Å². The van der Waals surface area contributed by atoms with Crippen molar-refractivity contribution >= 4 is 17.3 Å². The van der Waals surface area contributed by atoms with Crippen molar-refractivity contribution in [2.75, 3.05) is 38.1 Å². The van der Waals surface area contributed by atoms with E-state index in [1.165, 1.54) is 5.69 Å². The molecule has 0 aliphatic carbocycles. The number of hydrogen-bond donors (Lipinski definition) is 1. The van der Waals surface area contributed by atoms with Crippen LogP contribution in [0.25, 0.3) is 0 Å². The fourth-order valence-corrected chi connectivity index (χ4v) is 3.49. The molecule has 0 aromatic heterocycles. The van der Waals surface area contributed by atoms with E-state index in [9.17, 15) is 0 Å². The quantitative estimate of drug-likeness (QED) is 0.838. The van der Waals surface area contributed by atoms with Crippen LogP contribution < -0.4 is 10.6 Å². The molecule has 2 bridgehead atoms. The molecule has 2 aliphatic heterocycles. The lowest BCUT2D eigenvalue weighted by atomic mass is 9.80. The summed E-state index contributed by atoms with van der Waals surface area (Å²) >= 11 is 5.94. The van der Waals surface area contributed by atoms with Gasteiger partial charge in [0.1, 0.15) is 0 Å². The summed E-state index contributed by atoms with van der Waals surface area (Å²) < 4.78 is 0. The van der Waals surface area contributed by atoms with E-state index in [1.54, 1.807) is 0 Å². The average Bonchev–Trinajstić information content (AvgIpc) is 2.32. The Kier molecular flexibility index (Phi) is 3.22. The lowest BCUT2D eigenvalue weighted by molar-refractivity contribution is 0.107. The first-order chi connectivity index (χ1) is 8.63. The summed E-state index contributed by atoms with van der Waals surface area (Å²) in [6.45, 7) is 4.34. The predicted molar refractivity (Wildman–Crippen MR) is 76.1 cm³/mol. The summed E-state index contributed by atoms with van der Waals surface area (Å²) in [7, 11) is 2.20. The van der Waals surface area contributed by atoms with Crippen molar-refractivity contribution in [3.8, 4) is 0 Å². The molecule has 3 nitrogen and oxygen atoms in total. The first-order valence-corrected chi connectivity index (χ1v) is 6.96. The highest BCUT2D eigenvalue weighted by atomic mass is 35.5. The smallest absolute Gasteiger partial charge is 0.0407 e. The van der Waals surface area contributed by atoms with E-state index in [2.05, 4.69) is 29.0 Å². The van der Waals surface area contributed by atoms with Gasteiger partial charge in [0, 0.05) is 54.8 Å². The average molecular weight is 266 g/mol. The molecule has 1 aromatic rings.